The van der Waals surface area contributed by atoms with Gasteiger partial charge in [-0.3, -0.25) is 4.79 Å². The molecule has 0 saturated carbocycles. The highest BCUT2D eigenvalue weighted by molar-refractivity contribution is 6.02. The molecule has 0 aliphatic carbocycles. The fourth-order valence-electron chi connectivity index (χ4n) is 3.72. The van der Waals surface area contributed by atoms with E-state index in [9.17, 15) is 4.79 Å². The van der Waals surface area contributed by atoms with Crippen LogP contribution in [0, 0.1) is 20.8 Å². The second kappa shape index (κ2) is 6.98. The number of hydrogen-bond donors (Lipinski definition) is 1. The van der Waals surface area contributed by atoms with Crippen molar-refractivity contribution in [3.8, 4) is 0 Å². The van der Waals surface area contributed by atoms with E-state index in [-0.39, 0.29) is 12.0 Å². The molecule has 1 aromatic heterocycles. The van der Waals surface area contributed by atoms with E-state index in [0.29, 0.717) is 13.1 Å². The SMILES string of the molecule is CCN(CC1CCCCO1)C(=O)c1[nH]c2c(C)ccc(C)c2c1C. The molecule has 130 valence electrons. The zero-order valence-electron chi connectivity index (χ0n) is 15.2. The van der Waals surface area contributed by atoms with Crippen molar-refractivity contribution >= 4 is 16.8 Å². The number of aryl methyl sites for hydroxylation is 3. The van der Waals surface area contributed by atoms with Crippen LogP contribution in [-0.2, 0) is 4.74 Å². The summed E-state index contributed by atoms with van der Waals surface area (Å²) in [6.45, 7) is 10.5. The number of hydrogen-bond acceptors (Lipinski definition) is 2. The largest absolute Gasteiger partial charge is 0.376 e. The van der Waals surface area contributed by atoms with Crippen molar-refractivity contribution < 1.29 is 9.53 Å². The number of carbonyl (C=O) groups is 1. The lowest BCUT2D eigenvalue weighted by Crippen LogP contribution is -2.40. The van der Waals surface area contributed by atoms with Gasteiger partial charge >= 0.3 is 0 Å². The third-order valence-corrected chi connectivity index (χ3v) is 5.20. The summed E-state index contributed by atoms with van der Waals surface area (Å²) in [5.74, 6) is 0.0826. The molecule has 1 amide bonds. The summed E-state index contributed by atoms with van der Waals surface area (Å²) in [7, 11) is 0. The molecule has 3 rings (SSSR count). The molecule has 1 aromatic carbocycles. The van der Waals surface area contributed by atoms with Gasteiger partial charge in [-0.1, -0.05) is 12.1 Å². The number of likely N-dealkylation sites (N-methyl/N-ethyl adjacent to an activating group) is 1. The van der Waals surface area contributed by atoms with Gasteiger partial charge in [0.05, 0.1) is 6.10 Å². The molecule has 0 spiro atoms. The van der Waals surface area contributed by atoms with Crippen molar-refractivity contribution in [3.05, 3.63) is 34.5 Å². The Labute approximate surface area is 144 Å². The van der Waals surface area contributed by atoms with Gasteiger partial charge in [0.15, 0.2) is 0 Å². The Morgan fingerprint density at radius 2 is 2.00 bits per heavy atom. The summed E-state index contributed by atoms with van der Waals surface area (Å²) in [5.41, 5.74) is 5.25. The van der Waals surface area contributed by atoms with Crippen LogP contribution in [0.3, 0.4) is 0 Å². The van der Waals surface area contributed by atoms with Gasteiger partial charge in [-0.25, -0.2) is 0 Å². The Morgan fingerprint density at radius 1 is 1.25 bits per heavy atom. The average Bonchev–Trinajstić information content (AvgIpc) is 2.95. The van der Waals surface area contributed by atoms with E-state index in [1.165, 1.54) is 22.9 Å². The molecule has 0 bridgehead atoms. The number of amides is 1. The number of benzene rings is 1. The minimum Gasteiger partial charge on any atom is -0.376 e. The van der Waals surface area contributed by atoms with Crippen LogP contribution in [0.1, 0.15) is 53.4 Å². The average molecular weight is 328 g/mol. The number of ether oxygens (including phenoxy) is 1. The van der Waals surface area contributed by atoms with Crippen LogP contribution in [0.5, 0.6) is 0 Å². The maximum absolute atomic E-state index is 13.1. The van der Waals surface area contributed by atoms with Crippen molar-refractivity contribution in [2.24, 2.45) is 0 Å². The Balaban J connectivity index is 1.90. The fraction of sp³-hybridized carbons (Fsp3) is 0.550. The van der Waals surface area contributed by atoms with E-state index in [1.807, 2.05) is 18.7 Å². The lowest BCUT2D eigenvalue weighted by atomic mass is 10.0. The van der Waals surface area contributed by atoms with Crippen LogP contribution in [0.15, 0.2) is 12.1 Å². The monoisotopic (exact) mass is 328 g/mol. The lowest BCUT2D eigenvalue weighted by Gasteiger charge is -2.29. The summed E-state index contributed by atoms with van der Waals surface area (Å²) < 4.78 is 5.82. The molecule has 1 fully saturated rings. The zero-order valence-corrected chi connectivity index (χ0v) is 15.2. The highest BCUT2D eigenvalue weighted by Gasteiger charge is 2.24. The smallest absolute Gasteiger partial charge is 0.270 e. The Hall–Kier alpha value is -1.81. The van der Waals surface area contributed by atoms with Crippen LogP contribution in [0.2, 0.25) is 0 Å². The zero-order chi connectivity index (χ0) is 17.3. The first-order valence-electron chi connectivity index (χ1n) is 9.02. The maximum Gasteiger partial charge on any atom is 0.270 e. The number of rotatable bonds is 4. The second-order valence-electron chi connectivity index (χ2n) is 6.91. The predicted octanol–water partition coefficient (Wildman–Crippen LogP) is 4.12. The minimum absolute atomic E-state index is 0.0826. The van der Waals surface area contributed by atoms with Crippen LogP contribution in [0.4, 0.5) is 0 Å². The van der Waals surface area contributed by atoms with E-state index in [4.69, 9.17) is 4.74 Å². The molecule has 4 nitrogen and oxygen atoms in total. The van der Waals surface area contributed by atoms with Gasteiger partial charge in [-0.15, -0.1) is 0 Å². The molecular weight excluding hydrogens is 300 g/mol. The first-order valence-corrected chi connectivity index (χ1v) is 9.02. The number of aromatic nitrogens is 1. The number of H-pyrrole nitrogens is 1. The van der Waals surface area contributed by atoms with Crippen LogP contribution < -0.4 is 0 Å². The summed E-state index contributed by atoms with van der Waals surface area (Å²) in [6.07, 6.45) is 3.56. The van der Waals surface area contributed by atoms with Crippen LogP contribution in [-0.4, -0.2) is 41.6 Å². The minimum atomic E-state index is 0.0826. The summed E-state index contributed by atoms with van der Waals surface area (Å²) in [6, 6.07) is 4.23. The number of aromatic amines is 1. The van der Waals surface area contributed by atoms with Gasteiger partial charge < -0.3 is 14.6 Å². The van der Waals surface area contributed by atoms with Crippen molar-refractivity contribution in [2.45, 2.75) is 53.1 Å². The van der Waals surface area contributed by atoms with Gasteiger partial charge in [-0.2, -0.15) is 0 Å². The summed E-state index contributed by atoms with van der Waals surface area (Å²) >= 11 is 0. The quantitative estimate of drug-likeness (QED) is 0.917. The molecule has 2 heterocycles. The fourth-order valence-corrected chi connectivity index (χ4v) is 3.72. The third-order valence-electron chi connectivity index (χ3n) is 5.20. The molecule has 1 aliphatic heterocycles. The normalized spacial score (nSPS) is 18.1. The molecule has 1 N–H and O–H groups in total. The van der Waals surface area contributed by atoms with Crippen molar-refractivity contribution in [2.75, 3.05) is 19.7 Å². The van der Waals surface area contributed by atoms with Gasteiger partial charge in [0.1, 0.15) is 5.69 Å². The third kappa shape index (κ3) is 3.07. The number of nitrogens with one attached hydrogen (secondary N) is 1. The molecule has 0 radical (unpaired) electrons. The van der Waals surface area contributed by atoms with Gasteiger partial charge in [0.25, 0.3) is 5.91 Å². The topological polar surface area (TPSA) is 45.3 Å². The highest BCUT2D eigenvalue weighted by atomic mass is 16.5. The predicted molar refractivity (Wildman–Crippen MR) is 97.7 cm³/mol. The molecule has 1 atom stereocenters. The molecular formula is C20H28N2O2. The van der Waals surface area contributed by atoms with Crippen molar-refractivity contribution in [3.63, 3.8) is 0 Å². The Bertz CT molecular complexity index is 742. The molecule has 4 heteroatoms. The van der Waals surface area contributed by atoms with Gasteiger partial charge in [0.2, 0.25) is 0 Å². The number of carbonyl (C=O) groups excluding carboxylic acids is 1. The van der Waals surface area contributed by atoms with Crippen LogP contribution >= 0.6 is 0 Å². The molecule has 2 aromatic rings. The maximum atomic E-state index is 13.1. The second-order valence-corrected chi connectivity index (χ2v) is 6.91. The molecule has 1 unspecified atom stereocenters. The lowest BCUT2D eigenvalue weighted by molar-refractivity contribution is -0.00322. The Kier molecular flexibility index (Phi) is 4.95. The highest BCUT2D eigenvalue weighted by Crippen LogP contribution is 2.28. The van der Waals surface area contributed by atoms with E-state index >= 15 is 0 Å². The first kappa shape index (κ1) is 17.0. The number of nitrogens with zero attached hydrogens (tertiary/aromatic N) is 1. The van der Waals surface area contributed by atoms with E-state index in [1.54, 1.807) is 0 Å². The molecule has 1 aliphatic rings. The van der Waals surface area contributed by atoms with Crippen molar-refractivity contribution in [1.82, 2.24) is 9.88 Å². The standard InChI is InChI=1S/C20H28N2O2/c1-5-22(12-16-8-6-7-11-24-16)20(23)19-15(4)17-13(2)9-10-14(3)18(17)21-19/h9-10,16,21H,5-8,11-12H2,1-4H3. The van der Waals surface area contributed by atoms with Gasteiger partial charge in [-0.05, 0) is 63.6 Å². The first-order chi connectivity index (χ1) is 11.5. The Morgan fingerprint density at radius 3 is 2.62 bits per heavy atom. The molecule has 1 saturated heterocycles. The van der Waals surface area contributed by atoms with Crippen LogP contribution in [0.25, 0.3) is 10.9 Å². The molecule has 24 heavy (non-hydrogen) atoms. The summed E-state index contributed by atoms with van der Waals surface area (Å²) in [4.78, 5) is 18.4. The van der Waals surface area contributed by atoms with E-state index in [2.05, 4.69) is 31.0 Å². The van der Waals surface area contributed by atoms with E-state index in [0.717, 1.165) is 36.2 Å². The number of fused-ring (bicyclic) bond motifs is 1. The van der Waals surface area contributed by atoms with Gasteiger partial charge in [0, 0.05) is 30.6 Å². The summed E-state index contributed by atoms with van der Waals surface area (Å²) in [5, 5.41) is 1.18. The van der Waals surface area contributed by atoms with E-state index < -0.39 is 0 Å². The van der Waals surface area contributed by atoms with Crippen molar-refractivity contribution in [1.29, 1.82) is 0 Å².